The van der Waals surface area contributed by atoms with Crippen molar-refractivity contribution in [2.24, 2.45) is 0 Å². The molecule has 1 atom stereocenters. The number of benzene rings is 2. The molecule has 1 unspecified atom stereocenters. The quantitative estimate of drug-likeness (QED) is 0.807. The third kappa shape index (κ3) is 5.85. The highest BCUT2D eigenvalue weighted by Crippen LogP contribution is 2.17. The fraction of sp³-hybridized carbons (Fsp3) is 0.278. The van der Waals surface area contributed by atoms with E-state index >= 15 is 0 Å². The van der Waals surface area contributed by atoms with Crippen LogP contribution in [0.1, 0.15) is 10.4 Å². The molecule has 128 valence electrons. The van der Waals surface area contributed by atoms with Crippen molar-refractivity contribution in [1.29, 1.82) is 0 Å². The topological polar surface area (TPSA) is 61.8 Å². The highest BCUT2D eigenvalue weighted by molar-refractivity contribution is 6.30. The molecule has 0 bridgehead atoms. The van der Waals surface area contributed by atoms with Crippen LogP contribution in [0, 0.1) is 0 Å². The second-order valence-corrected chi connectivity index (χ2v) is 6.15. The first-order valence-corrected chi connectivity index (χ1v) is 7.94. The summed E-state index contributed by atoms with van der Waals surface area (Å²) in [6.45, 7) is 0.754. The van der Waals surface area contributed by atoms with Crippen molar-refractivity contribution in [3.05, 3.63) is 59.1 Å². The van der Waals surface area contributed by atoms with Crippen molar-refractivity contribution in [3.8, 4) is 5.75 Å². The van der Waals surface area contributed by atoms with Gasteiger partial charge in [-0.1, -0.05) is 11.6 Å². The summed E-state index contributed by atoms with van der Waals surface area (Å²) < 4.78 is 5.52. The van der Waals surface area contributed by atoms with Gasteiger partial charge >= 0.3 is 0 Å². The molecule has 0 spiro atoms. The van der Waals surface area contributed by atoms with E-state index in [0.29, 0.717) is 28.6 Å². The van der Waals surface area contributed by atoms with Gasteiger partial charge in [-0.25, -0.2) is 0 Å². The number of aliphatic hydroxyl groups excluding tert-OH is 1. The van der Waals surface area contributed by atoms with Crippen LogP contribution in [-0.4, -0.2) is 49.3 Å². The monoisotopic (exact) mass is 348 g/mol. The molecule has 0 aliphatic heterocycles. The molecule has 1 amide bonds. The lowest BCUT2D eigenvalue weighted by atomic mass is 10.2. The average molecular weight is 349 g/mol. The first kappa shape index (κ1) is 18.3. The van der Waals surface area contributed by atoms with Gasteiger partial charge in [0.2, 0.25) is 0 Å². The van der Waals surface area contributed by atoms with Crippen molar-refractivity contribution in [2.75, 3.05) is 32.6 Å². The number of aliphatic hydroxyl groups is 1. The molecule has 0 saturated carbocycles. The molecule has 0 fully saturated rings. The van der Waals surface area contributed by atoms with Gasteiger partial charge in [0.25, 0.3) is 5.91 Å². The second kappa shape index (κ2) is 8.68. The maximum Gasteiger partial charge on any atom is 0.255 e. The van der Waals surface area contributed by atoms with Crippen molar-refractivity contribution >= 4 is 23.2 Å². The van der Waals surface area contributed by atoms with E-state index in [0.717, 1.165) is 0 Å². The van der Waals surface area contributed by atoms with Gasteiger partial charge < -0.3 is 20.1 Å². The summed E-state index contributed by atoms with van der Waals surface area (Å²) in [6.07, 6.45) is -0.552. The minimum Gasteiger partial charge on any atom is -0.491 e. The van der Waals surface area contributed by atoms with Crippen LogP contribution >= 0.6 is 11.6 Å². The molecule has 2 N–H and O–H groups in total. The number of nitrogens with zero attached hydrogens (tertiary/aromatic N) is 1. The Morgan fingerprint density at radius 1 is 1.17 bits per heavy atom. The molecule has 2 aromatic rings. The maximum absolute atomic E-state index is 12.1. The molecule has 0 radical (unpaired) electrons. The molecule has 0 saturated heterocycles. The molecule has 2 aromatic carbocycles. The van der Waals surface area contributed by atoms with Crippen LogP contribution < -0.4 is 10.1 Å². The number of anilines is 1. The number of likely N-dealkylation sites (N-methyl/N-ethyl adjacent to an activating group) is 1. The number of amides is 1. The fourth-order valence-corrected chi connectivity index (χ4v) is 2.23. The first-order chi connectivity index (χ1) is 11.4. The summed E-state index contributed by atoms with van der Waals surface area (Å²) in [5.74, 6) is 0.430. The van der Waals surface area contributed by atoms with Gasteiger partial charge in [-0.3, -0.25) is 4.79 Å². The van der Waals surface area contributed by atoms with E-state index in [4.69, 9.17) is 16.3 Å². The number of ether oxygens (including phenoxy) is 1. The Morgan fingerprint density at radius 2 is 1.79 bits per heavy atom. The van der Waals surface area contributed by atoms with Crippen LogP contribution in [0.15, 0.2) is 48.5 Å². The van der Waals surface area contributed by atoms with Crippen molar-refractivity contribution in [2.45, 2.75) is 6.10 Å². The van der Waals surface area contributed by atoms with Crippen molar-refractivity contribution < 1.29 is 14.6 Å². The van der Waals surface area contributed by atoms with E-state index in [1.165, 1.54) is 0 Å². The predicted octanol–water partition coefficient (Wildman–Crippen LogP) is 2.89. The number of hydrogen-bond donors (Lipinski definition) is 2. The lowest BCUT2D eigenvalue weighted by Gasteiger charge is -2.16. The van der Waals surface area contributed by atoms with Crippen LogP contribution in [0.2, 0.25) is 5.02 Å². The lowest BCUT2D eigenvalue weighted by Crippen LogP contribution is -2.30. The number of nitrogens with one attached hydrogen (secondary N) is 1. The SMILES string of the molecule is CN(C)CC(O)COc1ccc(NC(=O)c2ccc(Cl)cc2)cc1. The summed E-state index contributed by atoms with van der Waals surface area (Å²) in [4.78, 5) is 14.0. The molecule has 0 heterocycles. The number of halogens is 1. The Hall–Kier alpha value is -2.08. The van der Waals surface area contributed by atoms with Gasteiger partial charge in [0.1, 0.15) is 18.5 Å². The van der Waals surface area contributed by atoms with Crippen LogP contribution in [-0.2, 0) is 0 Å². The summed E-state index contributed by atoms with van der Waals surface area (Å²) in [6, 6.07) is 13.7. The van der Waals surface area contributed by atoms with E-state index in [9.17, 15) is 9.90 Å². The van der Waals surface area contributed by atoms with E-state index in [1.807, 2.05) is 19.0 Å². The Labute approximate surface area is 146 Å². The smallest absolute Gasteiger partial charge is 0.255 e. The fourth-order valence-electron chi connectivity index (χ4n) is 2.11. The highest BCUT2D eigenvalue weighted by atomic mass is 35.5. The third-order valence-electron chi connectivity index (χ3n) is 3.24. The molecular formula is C18H21ClN2O3. The molecule has 5 nitrogen and oxygen atoms in total. The molecule has 2 rings (SSSR count). The van der Waals surface area contributed by atoms with Gasteiger partial charge in [0, 0.05) is 22.8 Å². The number of carbonyl (C=O) groups excluding carboxylic acids is 1. The standard InChI is InChI=1S/C18H21ClN2O3/c1-21(2)11-16(22)12-24-17-9-7-15(8-10-17)20-18(23)13-3-5-14(19)6-4-13/h3-10,16,22H,11-12H2,1-2H3,(H,20,23). The summed E-state index contributed by atoms with van der Waals surface area (Å²) in [7, 11) is 3.78. The van der Waals surface area contributed by atoms with E-state index in [2.05, 4.69) is 5.32 Å². The van der Waals surface area contributed by atoms with Gasteiger partial charge in [0.15, 0.2) is 0 Å². The molecule has 24 heavy (non-hydrogen) atoms. The number of hydrogen-bond acceptors (Lipinski definition) is 4. The Morgan fingerprint density at radius 3 is 2.38 bits per heavy atom. The van der Waals surface area contributed by atoms with Gasteiger partial charge in [-0.2, -0.15) is 0 Å². The zero-order valence-electron chi connectivity index (χ0n) is 13.7. The van der Waals surface area contributed by atoms with E-state index in [-0.39, 0.29) is 12.5 Å². The van der Waals surface area contributed by atoms with E-state index < -0.39 is 6.10 Å². The average Bonchev–Trinajstić information content (AvgIpc) is 2.54. The summed E-state index contributed by atoms with van der Waals surface area (Å²) >= 11 is 5.81. The Balaban J connectivity index is 1.87. The van der Waals surface area contributed by atoms with Gasteiger partial charge in [-0.05, 0) is 62.6 Å². The van der Waals surface area contributed by atoms with Gasteiger partial charge in [0.05, 0.1) is 0 Å². The molecule has 0 aromatic heterocycles. The molecule has 0 aliphatic carbocycles. The second-order valence-electron chi connectivity index (χ2n) is 5.71. The van der Waals surface area contributed by atoms with E-state index in [1.54, 1.807) is 48.5 Å². The first-order valence-electron chi connectivity index (χ1n) is 7.56. The number of rotatable bonds is 7. The Bertz CT molecular complexity index is 657. The van der Waals surface area contributed by atoms with Crippen molar-refractivity contribution in [3.63, 3.8) is 0 Å². The minimum atomic E-state index is -0.552. The molecule has 0 aliphatic rings. The maximum atomic E-state index is 12.1. The normalized spacial score (nSPS) is 12.0. The van der Waals surface area contributed by atoms with Gasteiger partial charge in [-0.15, -0.1) is 0 Å². The lowest BCUT2D eigenvalue weighted by molar-refractivity contribution is 0.0831. The van der Waals surface area contributed by atoms with Crippen LogP contribution in [0.3, 0.4) is 0 Å². The highest BCUT2D eigenvalue weighted by Gasteiger charge is 2.08. The molecule has 6 heteroatoms. The summed E-state index contributed by atoms with van der Waals surface area (Å²) in [5, 5.41) is 13.2. The third-order valence-corrected chi connectivity index (χ3v) is 3.49. The largest absolute Gasteiger partial charge is 0.491 e. The zero-order chi connectivity index (χ0) is 17.5. The number of carbonyl (C=O) groups is 1. The van der Waals surface area contributed by atoms with Crippen LogP contribution in [0.25, 0.3) is 0 Å². The predicted molar refractivity (Wildman–Crippen MR) is 95.9 cm³/mol. The van der Waals surface area contributed by atoms with Crippen molar-refractivity contribution in [1.82, 2.24) is 4.90 Å². The minimum absolute atomic E-state index is 0.207. The summed E-state index contributed by atoms with van der Waals surface area (Å²) in [5.41, 5.74) is 1.20. The molecular weight excluding hydrogens is 328 g/mol. The van der Waals surface area contributed by atoms with Crippen LogP contribution in [0.4, 0.5) is 5.69 Å². The zero-order valence-corrected chi connectivity index (χ0v) is 14.5. The van der Waals surface area contributed by atoms with Crippen LogP contribution in [0.5, 0.6) is 5.75 Å². The Kier molecular flexibility index (Phi) is 6.61.